The van der Waals surface area contributed by atoms with Gasteiger partial charge in [-0.1, -0.05) is 47.0 Å². The fraction of sp³-hybridized carbons (Fsp3) is 0.632. The van der Waals surface area contributed by atoms with Crippen molar-refractivity contribution in [2.45, 2.75) is 59.8 Å². The largest absolute Gasteiger partial charge is 0.494 e. The first-order valence-corrected chi connectivity index (χ1v) is 8.63. The number of amides is 2. The van der Waals surface area contributed by atoms with Crippen molar-refractivity contribution in [1.29, 1.82) is 0 Å². The minimum absolute atomic E-state index is 0.162. The number of carbonyl (C=O) groups is 1. The van der Waals surface area contributed by atoms with Crippen LogP contribution in [0, 0.1) is 5.41 Å². The molecular formula is C19H32N2O2. The zero-order valence-corrected chi connectivity index (χ0v) is 15.1. The van der Waals surface area contributed by atoms with E-state index in [2.05, 4.69) is 27.7 Å². The van der Waals surface area contributed by atoms with E-state index in [-0.39, 0.29) is 5.41 Å². The molecule has 0 spiro atoms. The maximum absolute atomic E-state index is 11.7. The molecule has 1 aromatic rings. The first kappa shape index (κ1) is 19.3. The Hall–Kier alpha value is -1.71. The molecule has 0 aliphatic carbocycles. The van der Waals surface area contributed by atoms with Gasteiger partial charge in [0, 0.05) is 12.2 Å². The van der Waals surface area contributed by atoms with Crippen molar-refractivity contribution in [3.63, 3.8) is 0 Å². The van der Waals surface area contributed by atoms with Gasteiger partial charge in [0.2, 0.25) is 0 Å². The van der Waals surface area contributed by atoms with Gasteiger partial charge in [0.1, 0.15) is 5.75 Å². The number of nitrogens with zero attached hydrogens (tertiary/aromatic N) is 1. The molecule has 130 valence electrons. The molecule has 0 saturated heterocycles. The highest BCUT2D eigenvalue weighted by Crippen LogP contribution is 2.24. The number of carbonyl (C=O) groups excluding carboxylic acids is 1. The fourth-order valence-corrected chi connectivity index (χ4v) is 2.25. The van der Waals surface area contributed by atoms with Crippen molar-refractivity contribution in [2.75, 3.05) is 18.1 Å². The number of hydrogen-bond acceptors (Lipinski definition) is 2. The van der Waals surface area contributed by atoms with Crippen molar-refractivity contribution in [1.82, 2.24) is 0 Å². The molecule has 0 radical (unpaired) electrons. The quantitative estimate of drug-likeness (QED) is 0.653. The number of anilines is 1. The predicted molar refractivity (Wildman–Crippen MR) is 97.1 cm³/mol. The van der Waals surface area contributed by atoms with Crippen molar-refractivity contribution in [3.05, 3.63) is 24.3 Å². The number of hydrogen-bond donors (Lipinski definition) is 1. The van der Waals surface area contributed by atoms with E-state index in [1.54, 1.807) is 4.90 Å². The van der Waals surface area contributed by atoms with Gasteiger partial charge in [-0.15, -0.1) is 0 Å². The molecule has 1 aromatic carbocycles. The van der Waals surface area contributed by atoms with Crippen LogP contribution in [0.2, 0.25) is 0 Å². The fourth-order valence-electron chi connectivity index (χ4n) is 2.25. The van der Waals surface area contributed by atoms with E-state index >= 15 is 0 Å². The summed E-state index contributed by atoms with van der Waals surface area (Å²) < 4.78 is 5.73. The van der Waals surface area contributed by atoms with E-state index in [0.29, 0.717) is 6.54 Å². The lowest BCUT2D eigenvalue weighted by Gasteiger charge is -2.25. The van der Waals surface area contributed by atoms with Gasteiger partial charge in [-0.25, -0.2) is 4.79 Å². The van der Waals surface area contributed by atoms with E-state index in [0.717, 1.165) is 30.9 Å². The molecule has 0 aliphatic heterocycles. The number of primary amides is 1. The summed E-state index contributed by atoms with van der Waals surface area (Å²) in [4.78, 5) is 13.3. The van der Waals surface area contributed by atoms with E-state index in [1.165, 1.54) is 19.3 Å². The topological polar surface area (TPSA) is 55.6 Å². The molecule has 0 bridgehead atoms. The number of unbranched alkanes of at least 4 members (excludes halogenated alkanes) is 3. The number of nitrogens with two attached hydrogens (primary N) is 1. The predicted octanol–water partition coefficient (Wildman–Crippen LogP) is 4.97. The summed E-state index contributed by atoms with van der Waals surface area (Å²) >= 11 is 0. The smallest absolute Gasteiger partial charge is 0.319 e. The van der Waals surface area contributed by atoms with Gasteiger partial charge in [0.15, 0.2) is 0 Å². The lowest BCUT2D eigenvalue weighted by Crippen LogP contribution is -2.37. The number of benzene rings is 1. The average Bonchev–Trinajstić information content (AvgIpc) is 2.47. The highest BCUT2D eigenvalue weighted by atomic mass is 16.5. The monoisotopic (exact) mass is 320 g/mol. The van der Waals surface area contributed by atoms with Gasteiger partial charge in [-0.3, -0.25) is 4.90 Å². The Morgan fingerprint density at radius 2 is 1.78 bits per heavy atom. The first-order chi connectivity index (χ1) is 10.8. The van der Waals surface area contributed by atoms with Crippen LogP contribution >= 0.6 is 0 Å². The molecular weight excluding hydrogens is 288 g/mol. The summed E-state index contributed by atoms with van der Waals surface area (Å²) in [5.41, 5.74) is 6.50. The molecule has 0 saturated carbocycles. The number of ether oxygens (including phenoxy) is 1. The van der Waals surface area contributed by atoms with E-state index < -0.39 is 6.03 Å². The summed E-state index contributed by atoms with van der Waals surface area (Å²) in [5.74, 6) is 0.838. The Bertz CT molecular complexity index is 463. The standard InChI is InChI=1S/C19H32N2O2/c1-5-6-7-8-15-23-17-11-9-16(10-12-17)21(18(20)22)14-13-19(2,3)4/h9-12H,5-8,13-15H2,1-4H3,(H2,20,22). The highest BCUT2D eigenvalue weighted by molar-refractivity contribution is 5.90. The average molecular weight is 320 g/mol. The van der Waals surface area contributed by atoms with Crippen LogP contribution in [-0.2, 0) is 0 Å². The molecule has 0 atom stereocenters. The Labute approximate surface area is 141 Å². The number of urea groups is 1. The Morgan fingerprint density at radius 3 is 2.30 bits per heavy atom. The van der Waals surface area contributed by atoms with Crippen LogP contribution in [0.15, 0.2) is 24.3 Å². The molecule has 23 heavy (non-hydrogen) atoms. The summed E-state index contributed by atoms with van der Waals surface area (Å²) in [7, 11) is 0. The minimum Gasteiger partial charge on any atom is -0.494 e. The Balaban J connectivity index is 2.56. The van der Waals surface area contributed by atoms with Gasteiger partial charge < -0.3 is 10.5 Å². The molecule has 0 aliphatic rings. The Morgan fingerprint density at radius 1 is 1.13 bits per heavy atom. The van der Waals surface area contributed by atoms with Crippen LogP contribution in [0.5, 0.6) is 5.75 Å². The van der Waals surface area contributed by atoms with Gasteiger partial charge in [-0.2, -0.15) is 0 Å². The van der Waals surface area contributed by atoms with Crippen LogP contribution in [0.4, 0.5) is 10.5 Å². The third-order valence-electron chi connectivity index (χ3n) is 3.77. The second-order valence-electron chi connectivity index (χ2n) is 7.20. The molecule has 4 nitrogen and oxygen atoms in total. The minimum atomic E-state index is -0.414. The van der Waals surface area contributed by atoms with Gasteiger partial charge in [0.25, 0.3) is 0 Å². The maximum Gasteiger partial charge on any atom is 0.319 e. The second kappa shape index (κ2) is 9.43. The zero-order chi connectivity index (χ0) is 17.3. The van der Waals surface area contributed by atoms with Gasteiger partial charge in [-0.05, 0) is 42.5 Å². The van der Waals surface area contributed by atoms with E-state index in [4.69, 9.17) is 10.5 Å². The molecule has 1 rings (SSSR count). The van der Waals surface area contributed by atoms with E-state index in [9.17, 15) is 4.79 Å². The van der Waals surface area contributed by atoms with Crippen molar-refractivity contribution in [2.24, 2.45) is 11.1 Å². The third-order valence-corrected chi connectivity index (χ3v) is 3.77. The summed E-state index contributed by atoms with van der Waals surface area (Å²) in [5, 5.41) is 0. The molecule has 0 aromatic heterocycles. The van der Waals surface area contributed by atoms with E-state index in [1.807, 2.05) is 24.3 Å². The van der Waals surface area contributed by atoms with Crippen molar-refractivity contribution in [3.8, 4) is 5.75 Å². The summed E-state index contributed by atoms with van der Waals surface area (Å²) in [6, 6.07) is 7.19. The molecule has 0 fully saturated rings. The zero-order valence-electron chi connectivity index (χ0n) is 15.1. The van der Waals surface area contributed by atoms with Gasteiger partial charge in [0.05, 0.1) is 6.61 Å². The normalized spacial score (nSPS) is 11.3. The lowest BCUT2D eigenvalue weighted by molar-refractivity contribution is 0.252. The van der Waals surface area contributed by atoms with Gasteiger partial charge >= 0.3 is 6.03 Å². The lowest BCUT2D eigenvalue weighted by atomic mass is 9.92. The van der Waals surface area contributed by atoms with Crippen LogP contribution in [0.1, 0.15) is 59.8 Å². The molecule has 0 heterocycles. The highest BCUT2D eigenvalue weighted by Gasteiger charge is 2.17. The van der Waals surface area contributed by atoms with Crippen molar-refractivity contribution < 1.29 is 9.53 Å². The van der Waals surface area contributed by atoms with Crippen LogP contribution < -0.4 is 15.4 Å². The summed E-state index contributed by atoms with van der Waals surface area (Å²) in [6.45, 7) is 10.0. The molecule has 2 N–H and O–H groups in total. The number of rotatable bonds is 9. The maximum atomic E-state index is 11.7. The third kappa shape index (κ3) is 7.91. The molecule has 0 unspecified atom stereocenters. The van der Waals surface area contributed by atoms with Crippen LogP contribution in [0.25, 0.3) is 0 Å². The Kier molecular flexibility index (Phi) is 7.93. The first-order valence-electron chi connectivity index (χ1n) is 8.63. The second-order valence-corrected chi connectivity index (χ2v) is 7.20. The van der Waals surface area contributed by atoms with Crippen LogP contribution in [-0.4, -0.2) is 19.2 Å². The SMILES string of the molecule is CCCCCCOc1ccc(N(CCC(C)(C)C)C(N)=O)cc1. The van der Waals surface area contributed by atoms with Crippen molar-refractivity contribution >= 4 is 11.7 Å². The van der Waals surface area contributed by atoms with Crippen LogP contribution in [0.3, 0.4) is 0 Å². The molecule has 2 amide bonds. The molecule has 4 heteroatoms. The summed E-state index contributed by atoms with van der Waals surface area (Å²) in [6.07, 6.45) is 5.66.